The lowest BCUT2D eigenvalue weighted by atomic mass is 9.96. The van der Waals surface area contributed by atoms with Gasteiger partial charge in [0, 0.05) is 16.8 Å². The Morgan fingerprint density at radius 3 is 1.47 bits per heavy atom. The van der Waals surface area contributed by atoms with Gasteiger partial charge in [0.05, 0.1) is 5.69 Å². The van der Waals surface area contributed by atoms with E-state index in [9.17, 15) is 0 Å². The predicted octanol–water partition coefficient (Wildman–Crippen LogP) is 13.6. The first-order valence-electron chi connectivity index (χ1n) is 16.8. The van der Waals surface area contributed by atoms with E-state index in [0.29, 0.717) is 0 Å². The Morgan fingerprint density at radius 2 is 0.776 bits per heavy atom. The first kappa shape index (κ1) is 28.8. The van der Waals surface area contributed by atoms with E-state index in [0.717, 1.165) is 17.1 Å². The van der Waals surface area contributed by atoms with Crippen LogP contribution >= 0.6 is 0 Å². The summed E-state index contributed by atoms with van der Waals surface area (Å²) in [7, 11) is 0. The zero-order chi connectivity index (χ0) is 32.6. The summed E-state index contributed by atoms with van der Waals surface area (Å²) in [6, 6.07) is 72.7. The minimum Gasteiger partial charge on any atom is -0.310 e. The molecule has 0 fully saturated rings. The van der Waals surface area contributed by atoms with E-state index in [-0.39, 0.29) is 0 Å². The number of benzene rings is 9. The van der Waals surface area contributed by atoms with E-state index >= 15 is 0 Å². The van der Waals surface area contributed by atoms with Crippen LogP contribution in [0, 0.1) is 0 Å². The molecule has 0 radical (unpaired) electrons. The monoisotopic (exact) mass is 623 g/mol. The van der Waals surface area contributed by atoms with E-state index in [4.69, 9.17) is 0 Å². The van der Waals surface area contributed by atoms with Crippen molar-refractivity contribution >= 4 is 49.4 Å². The highest BCUT2D eigenvalue weighted by Crippen LogP contribution is 2.43. The maximum atomic E-state index is 2.43. The zero-order valence-corrected chi connectivity index (χ0v) is 27.0. The third-order valence-electron chi connectivity index (χ3n) is 9.56. The summed E-state index contributed by atoms with van der Waals surface area (Å²) in [5.41, 5.74) is 10.6. The van der Waals surface area contributed by atoms with Gasteiger partial charge in [-0.2, -0.15) is 0 Å². The molecule has 230 valence electrons. The van der Waals surface area contributed by atoms with Crippen molar-refractivity contribution in [1.82, 2.24) is 0 Å². The van der Waals surface area contributed by atoms with Gasteiger partial charge in [0.2, 0.25) is 0 Å². The van der Waals surface area contributed by atoms with Crippen LogP contribution in [0.25, 0.3) is 65.7 Å². The first-order chi connectivity index (χ1) is 24.3. The van der Waals surface area contributed by atoms with Gasteiger partial charge < -0.3 is 4.90 Å². The molecule has 9 aromatic carbocycles. The molecule has 0 heterocycles. The summed E-state index contributed by atoms with van der Waals surface area (Å²) in [5, 5.41) is 7.36. The number of fused-ring (bicyclic) bond motifs is 3. The number of rotatable bonds is 6. The average molecular weight is 624 g/mol. The molecule has 0 aliphatic rings. The van der Waals surface area contributed by atoms with Crippen LogP contribution < -0.4 is 4.90 Å². The van der Waals surface area contributed by atoms with Gasteiger partial charge in [-0.1, -0.05) is 152 Å². The molecule has 0 aromatic heterocycles. The molecule has 0 atom stereocenters. The summed E-state index contributed by atoms with van der Waals surface area (Å²) >= 11 is 0. The van der Waals surface area contributed by atoms with E-state index in [1.54, 1.807) is 0 Å². The fraction of sp³-hybridized carbons (Fsp3) is 0. The van der Waals surface area contributed by atoms with Crippen LogP contribution in [-0.4, -0.2) is 0 Å². The van der Waals surface area contributed by atoms with Gasteiger partial charge in [0.1, 0.15) is 0 Å². The maximum absolute atomic E-state index is 2.43. The Bertz CT molecular complexity index is 2540. The molecule has 0 saturated carbocycles. The standard InChI is InChI=1S/C48H33N/c1-3-12-34(13-4-1)43-30-44(35-14-5-2-6-15-35)33-46(32-43)49(48-21-11-19-38-17-9-10-20-47(38)48)45-27-26-37-23-25-41(29-42(37)31-45)40-24-22-36-16-7-8-18-39(36)28-40/h1-33H. The number of hydrogen-bond donors (Lipinski definition) is 0. The Labute approximate surface area is 287 Å². The zero-order valence-electron chi connectivity index (χ0n) is 27.0. The van der Waals surface area contributed by atoms with Gasteiger partial charge in [-0.3, -0.25) is 0 Å². The number of hydrogen-bond acceptors (Lipinski definition) is 1. The first-order valence-corrected chi connectivity index (χ1v) is 16.8. The normalized spacial score (nSPS) is 11.3. The second kappa shape index (κ2) is 12.3. The van der Waals surface area contributed by atoms with Crippen LogP contribution in [0.5, 0.6) is 0 Å². The molecule has 0 amide bonds. The lowest BCUT2D eigenvalue weighted by molar-refractivity contribution is 1.30. The fourth-order valence-corrected chi connectivity index (χ4v) is 7.09. The lowest BCUT2D eigenvalue weighted by Gasteiger charge is -2.28. The Morgan fingerprint density at radius 1 is 0.245 bits per heavy atom. The van der Waals surface area contributed by atoms with E-state index in [1.165, 1.54) is 65.7 Å². The topological polar surface area (TPSA) is 3.24 Å². The van der Waals surface area contributed by atoms with Crippen LogP contribution in [0.2, 0.25) is 0 Å². The highest BCUT2D eigenvalue weighted by molar-refractivity contribution is 6.01. The van der Waals surface area contributed by atoms with Crippen LogP contribution in [-0.2, 0) is 0 Å². The molecular weight excluding hydrogens is 591 g/mol. The van der Waals surface area contributed by atoms with Crippen molar-refractivity contribution in [3.63, 3.8) is 0 Å². The van der Waals surface area contributed by atoms with Gasteiger partial charge >= 0.3 is 0 Å². The molecule has 1 nitrogen and oxygen atoms in total. The van der Waals surface area contributed by atoms with Crippen molar-refractivity contribution in [2.75, 3.05) is 4.90 Å². The maximum Gasteiger partial charge on any atom is 0.0540 e. The van der Waals surface area contributed by atoms with Crippen molar-refractivity contribution < 1.29 is 0 Å². The number of nitrogens with zero attached hydrogens (tertiary/aromatic N) is 1. The van der Waals surface area contributed by atoms with Crippen molar-refractivity contribution in [3.05, 3.63) is 200 Å². The molecule has 9 rings (SSSR count). The second-order valence-corrected chi connectivity index (χ2v) is 12.6. The Hall–Kier alpha value is -6.44. The van der Waals surface area contributed by atoms with E-state index in [2.05, 4.69) is 205 Å². The molecule has 0 N–H and O–H groups in total. The third-order valence-corrected chi connectivity index (χ3v) is 9.56. The van der Waals surface area contributed by atoms with Crippen LogP contribution in [0.1, 0.15) is 0 Å². The Kier molecular flexibility index (Phi) is 7.22. The molecular formula is C48H33N. The van der Waals surface area contributed by atoms with E-state index < -0.39 is 0 Å². The van der Waals surface area contributed by atoms with Gasteiger partial charge in [0.15, 0.2) is 0 Å². The minimum atomic E-state index is 1.11. The molecule has 0 aliphatic carbocycles. The molecule has 0 unspecified atom stereocenters. The van der Waals surface area contributed by atoms with Gasteiger partial charge in [-0.05, 0) is 109 Å². The summed E-state index contributed by atoms with van der Waals surface area (Å²) in [6.45, 7) is 0. The molecule has 0 saturated heterocycles. The lowest BCUT2D eigenvalue weighted by Crippen LogP contribution is -2.11. The molecule has 49 heavy (non-hydrogen) atoms. The summed E-state index contributed by atoms with van der Waals surface area (Å²) < 4.78 is 0. The molecule has 9 aromatic rings. The quantitative estimate of drug-likeness (QED) is 0.178. The van der Waals surface area contributed by atoms with Gasteiger partial charge in [0.25, 0.3) is 0 Å². The van der Waals surface area contributed by atoms with Crippen molar-refractivity contribution in [2.45, 2.75) is 0 Å². The largest absolute Gasteiger partial charge is 0.310 e. The number of anilines is 3. The van der Waals surface area contributed by atoms with Crippen LogP contribution in [0.15, 0.2) is 200 Å². The highest BCUT2D eigenvalue weighted by Gasteiger charge is 2.18. The minimum absolute atomic E-state index is 1.11. The van der Waals surface area contributed by atoms with E-state index in [1.807, 2.05) is 0 Å². The molecule has 0 aliphatic heterocycles. The molecule has 0 bridgehead atoms. The highest BCUT2D eigenvalue weighted by atomic mass is 15.1. The SMILES string of the molecule is c1ccc(-c2cc(-c3ccccc3)cc(N(c3ccc4ccc(-c5ccc6ccccc6c5)cc4c3)c3cccc4ccccc34)c2)cc1. The summed E-state index contributed by atoms with van der Waals surface area (Å²) in [6.07, 6.45) is 0. The Balaban J connectivity index is 1.27. The predicted molar refractivity (Wildman–Crippen MR) is 210 cm³/mol. The fourth-order valence-electron chi connectivity index (χ4n) is 7.09. The molecule has 1 heteroatoms. The van der Waals surface area contributed by atoms with Crippen LogP contribution in [0.4, 0.5) is 17.1 Å². The van der Waals surface area contributed by atoms with Crippen molar-refractivity contribution in [2.24, 2.45) is 0 Å². The van der Waals surface area contributed by atoms with Gasteiger partial charge in [-0.15, -0.1) is 0 Å². The summed E-state index contributed by atoms with van der Waals surface area (Å²) in [5.74, 6) is 0. The molecule has 0 spiro atoms. The smallest absolute Gasteiger partial charge is 0.0540 e. The van der Waals surface area contributed by atoms with Crippen molar-refractivity contribution in [3.8, 4) is 33.4 Å². The van der Waals surface area contributed by atoms with Gasteiger partial charge in [-0.25, -0.2) is 0 Å². The average Bonchev–Trinajstić information content (AvgIpc) is 3.18. The third kappa shape index (κ3) is 5.52. The van der Waals surface area contributed by atoms with Crippen LogP contribution in [0.3, 0.4) is 0 Å². The summed E-state index contributed by atoms with van der Waals surface area (Å²) in [4.78, 5) is 2.43. The second-order valence-electron chi connectivity index (χ2n) is 12.6. The van der Waals surface area contributed by atoms with Crippen molar-refractivity contribution in [1.29, 1.82) is 0 Å².